The van der Waals surface area contributed by atoms with E-state index in [1.807, 2.05) is 92.7 Å². The Morgan fingerprint density at radius 3 is 1.67 bits per heavy atom. The van der Waals surface area contributed by atoms with Gasteiger partial charge in [-0.05, 0) is 33.8 Å². The minimum absolute atomic E-state index is 0.692. The molecular formula is C28H28BN2O2. The van der Waals surface area contributed by atoms with Crippen LogP contribution in [0, 0.1) is 0 Å². The summed E-state index contributed by atoms with van der Waals surface area (Å²) < 4.78 is 5.88. The van der Waals surface area contributed by atoms with Crippen molar-refractivity contribution in [3.63, 3.8) is 0 Å². The second kappa shape index (κ2) is 9.30. The Labute approximate surface area is 196 Å². The van der Waals surface area contributed by atoms with Gasteiger partial charge in [0, 0.05) is 16.7 Å². The lowest BCUT2D eigenvalue weighted by Gasteiger charge is -2.37. The van der Waals surface area contributed by atoms with Gasteiger partial charge in [0.15, 0.2) is 5.82 Å². The van der Waals surface area contributed by atoms with Crippen LogP contribution in [-0.4, -0.2) is 33.8 Å². The number of benzene rings is 3. The molecule has 3 aromatic carbocycles. The van der Waals surface area contributed by atoms with E-state index in [0.29, 0.717) is 5.82 Å². The van der Waals surface area contributed by atoms with E-state index in [1.165, 1.54) is 0 Å². The van der Waals surface area contributed by atoms with Gasteiger partial charge in [-0.3, -0.25) is 0 Å². The zero-order valence-corrected chi connectivity index (χ0v) is 19.5. The predicted molar refractivity (Wildman–Crippen MR) is 135 cm³/mol. The highest BCUT2D eigenvalue weighted by Gasteiger charge is 2.35. The van der Waals surface area contributed by atoms with E-state index in [0.717, 1.165) is 33.5 Å². The summed E-state index contributed by atoms with van der Waals surface area (Å²) in [6, 6.07) is 30.2. The summed E-state index contributed by atoms with van der Waals surface area (Å²) in [5.74, 6) is 0.692. The van der Waals surface area contributed by atoms with Gasteiger partial charge in [0.25, 0.3) is 0 Å². The molecule has 4 rings (SSSR count). The molecule has 0 aliphatic rings. The highest BCUT2D eigenvalue weighted by atomic mass is 16.5. The van der Waals surface area contributed by atoms with E-state index < -0.39 is 11.2 Å². The zero-order valence-electron chi connectivity index (χ0n) is 19.5. The van der Waals surface area contributed by atoms with Crippen molar-refractivity contribution in [1.29, 1.82) is 0 Å². The van der Waals surface area contributed by atoms with Gasteiger partial charge in [-0.1, -0.05) is 90.4 Å². The number of rotatable bonds is 7. The van der Waals surface area contributed by atoms with Crippen molar-refractivity contribution >= 4 is 12.9 Å². The molecule has 0 bridgehead atoms. The summed E-state index contributed by atoms with van der Waals surface area (Å²) in [6.45, 7) is 7.23. The van der Waals surface area contributed by atoms with Crippen LogP contribution in [0.2, 0.25) is 0 Å². The first-order chi connectivity index (χ1) is 15.7. The highest BCUT2D eigenvalue weighted by Crippen LogP contribution is 2.27. The van der Waals surface area contributed by atoms with Gasteiger partial charge >= 0.3 is 7.48 Å². The van der Waals surface area contributed by atoms with Crippen LogP contribution in [0.15, 0.2) is 91.0 Å². The van der Waals surface area contributed by atoms with E-state index in [2.05, 4.69) is 12.1 Å². The Kier molecular flexibility index (Phi) is 6.45. The van der Waals surface area contributed by atoms with Crippen LogP contribution in [0.25, 0.3) is 33.9 Å². The third-order valence-corrected chi connectivity index (χ3v) is 6.00. The van der Waals surface area contributed by atoms with Crippen LogP contribution in [0.1, 0.15) is 27.7 Å². The monoisotopic (exact) mass is 435 g/mol. The lowest BCUT2D eigenvalue weighted by atomic mass is 9.82. The molecular weight excluding hydrogens is 407 g/mol. The molecule has 1 radical (unpaired) electrons. The molecule has 1 heterocycles. The first-order valence-electron chi connectivity index (χ1n) is 11.1. The minimum Gasteiger partial charge on any atom is -0.427 e. The number of aliphatic hydroxyl groups is 1. The summed E-state index contributed by atoms with van der Waals surface area (Å²) in [5.41, 5.74) is 3.98. The predicted octanol–water partition coefficient (Wildman–Crippen LogP) is 5.29. The standard InChI is InChI=1S/C28H28BN2O2/c1-27(2,32)28(3,4)33-29-23-17-15-21(16-18-23)25-19-24(20-11-7-5-8-12-20)30-26(31-25)22-13-9-6-10-14-22/h5-19,32H,1-4H3. The molecule has 1 aromatic heterocycles. The molecule has 0 spiro atoms. The third kappa shape index (κ3) is 5.38. The van der Waals surface area contributed by atoms with Gasteiger partial charge in [-0.25, -0.2) is 9.97 Å². The molecule has 5 heteroatoms. The fourth-order valence-corrected chi connectivity index (χ4v) is 3.16. The Hall–Kier alpha value is -3.28. The third-order valence-electron chi connectivity index (χ3n) is 6.00. The summed E-state index contributed by atoms with van der Waals surface area (Å²) in [5, 5.41) is 10.3. The summed E-state index contributed by atoms with van der Waals surface area (Å²) >= 11 is 0. The topological polar surface area (TPSA) is 55.2 Å². The lowest BCUT2D eigenvalue weighted by molar-refractivity contribution is -0.0893. The molecule has 165 valence electrons. The molecule has 0 unspecified atom stereocenters. The van der Waals surface area contributed by atoms with Crippen molar-refractivity contribution in [3.8, 4) is 33.9 Å². The highest BCUT2D eigenvalue weighted by molar-refractivity contribution is 6.47. The Bertz CT molecular complexity index is 1140. The van der Waals surface area contributed by atoms with Crippen LogP contribution in [0.3, 0.4) is 0 Å². The molecule has 0 aliphatic heterocycles. The average Bonchev–Trinajstić information content (AvgIpc) is 2.83. The van der Waals surface area contributed by atoms with Gasteiger partial charge in [0.1, 0.15) is 0 Å². The maximum absolute atomic E-state index is 10.3. The van der Waals surface area contributed by atoms with Crippen LogP contribution in [0.4, 0.5) is 0 Å². The van der Waals surface area contributed by atoms with E-state index in [1.54, 1.807) is 21.3 Å². The molecule has 33 heavy (non-hydrogen) atoms. The smallest absolute Gasteiger partial charge is 0.330 e. The molecule has 0 fully saturated rings. The van der Waals surface area contributed by atoms with Crippen molar-refractivity contribution in [1.82, 2.24) is 9.97 Å². The average molecular weight is 435 g/mol. The van der Waals surface area contributed by atoms with Gasteiger partial charge in [-0.2, -0.15) is 0 Å². The summed E-state index contributed by atoms with van der Waals surface area (Å²) in [4.78, 5) is 9.70. The van der Waals surface area contributed by atoms with Crippen LogP contribution >= 0.6 is 0 Å². The Balaban J connectivity index is 1.65. The molecule has 0 atom stereocenters. The van der Waals surface area contributed by atoms with Crippen molar-refractivity contribution in [3.05, 3.63) is 91.0 Å². The largest absolute Gasteiger partial charge is 0.427 e. The van der Waals surface area contributed by atoms with E-state index in [4.69, 9.17) is 14.6 Å². The summed E-state index contributed by atoms with van der Waals surface area (Å²) in [7, 11) is 1.69. The van der Waals surface area contributed by atoms with Crippen LogP contribution in [-0.2, 0) is 4.65 Å². The van der Waals surface area contributed by atoms with Gasteiger partial charge in [-0.15, -0.1) is 0 Å². The van der Waals surface area contributed by atoms with Gasteiger partial charge in [0.2, 0.25) is 0 Å². The van der Waals surface area contributed by atoms with Crippen molar-refractivity contribution < 1.29 is 9.76 Å². The van der Waals surface area contributed by atoms with Crippen molar-refractivity contribution in [2.75, 3.05) is 0 Å². The molecule has 4 nitrogen and oxygen atoms in total. The van der Waals surface area contributed by atoms with E-state index in [-0.39, 0.29) is 0 Å². The minimum atomic E-state index is -0.966. The molecule has 0 saturated carbocycles. The zero-order chi connectivity index (χ0) is 23.5. The second-order valence-electron chi connectivity index (χ2n) is 9.12. The lowest BCUT2D eigenvalue weighted by Crippen LogP contribution is -2.49. The van der Waals surface area contributed by atoms with Crippen LogP contribution in [0.5, 0.6) is 0 Å². The van der Waals surface area contributed by atoms with Gasteiger partial charge in [0.05, 0.1) is 22.6 Å². The van der Waals surface area contributed by atoms with Crippen molar-refractivity contribution in [2.24, 2.45) is 0 Å². The van der Waals surface area contributed by atoms with Crippen LogP contribution < -0.4 is 5.46 Å². The Morgan fingerprint density at radius 2 is 1.15 bits per heavy atom. The molecule has 0 amide bonds. The number of aromatic nitrogens is 2. The molecule has 1 N–H and O–H groups in total. The second-order valence-corrected chi connectivity index (χ2v) is 9.12. The number of nitrogens with zero attached hydrogens (tertiary/aromatic N) is 2. The fourth-order valence-electron chi connectivity index (χ4n) is 3.16. The summed E-state index contributed by atoms with van der Waals surface area (Å²) in [6.07, 6.45) is 0. The fraction of sp³-hybridized carbons (Fsp3) is 0.214. The maximum atomic E-state index is 10.3. The molecule has 4 aromatic rings. The Morgan fingerprint density at radius 1 is 0.667 bits per heavy atom. The van der Waals surface area contributed by atoms with Crippen molar-refractivity contribution in [2.45, 2.75) is 38.9 Å². The maximum Gasteiger partial charge on any atom is 0.330 e. The normalized spacial score (nSPS) is 11.9. The molecule has 0 aliphatic carbocycles. The first kappa shape index (κ1) is 22.9. The number of hydrogen-bond donors (Lipinski definition) is 1. The van der Waals surface area contributed by atoms with E-state index >= 15 is 0 Å². The quantitative estimate of drug-likeness (QED) is 0.401. The number of hydrogen-bond acceptors (Lipinski definition) is 4. The van der Waals surface area contributed by atoms with Gasteiger partial charge < -0.3 is 9.76 Å². The molecule has 0 saturated heterocycles. The van der Waals surface area contributed by atoms with E-state index in [9.17, 15) is 5.11 Å². The first-order valence-corrected chi connectivity index (χ1v) is 11.1. The SMILES string of the molecule is CC(C)(O)C(C)(C)O[B]c1ccc(-c2cc(-c3ccccc3)nc(-c3ccccc3)n2)cc1.